The minimum Gasteiger partial charge on any atom is -0.481 e. The fourth-order valence-electron chi connectivity index (χ4n) is 5.64. The summed E-state index contributed by atoms with van der Waals surface area (Å²) in [4.78, 5) is 51.2. The van der Waals surface area contributed by atoms with E-state index in [-0.39, 0.29) is 28.8 Å². The van der Waals surface area contributed by atoms with Crippen molar-refractivity contribution in [2.75, 3.05) is 31.1 Å². The number of nitro groups is 1. The number of non-ortho nitro benzene ring substituents is 1. The maximum absolute atomic E-state index is 13.3. The first kappa shape index (κ1) is 22.0. The Hall–Kier alpha value is -3.17. The predicted molar refractivity (Wildman–Crippen MR) is 115 cm³/mol. The smallest absolute Gasteiger partial charge is 0.307 e. The van der Waals surface area contributed by atoms with Crippen molar-refractivity contribution >= 4 is 29.2 Å². The van der Waals surface area contributed by atoms with Gasteiger partial charge in [0.2, 0.25) is 11.8 Å². The minimum absolute atomic E-state index is 0.0420. The van der Waals surface area contributed by atoms with Gasteiger partial charge in [0.1, 0.15) is 0 Å². The first-order valence-electron chi connectivity index (χ1n) is 10.9. The Labute approximate surface area is 185 Å². The molecule has 0 bridgehead atoms. The van der Waals surface area contributed by atoms with Crippen molar-refractivity contribution in [1.82, 2.24) is 4.90 Å². The third kappa shape index (κ3) is 3.89. The molecule has 4 atom stereocenters. The van der Waals surface area contributed by atoms with E-state index in [9.17, 15) is 29.6 Å². The number of anilines is 1. The molecular weight excluding hydrogens is 416 g/mol. The molecule has 1 heterocycles. The van der Waals surface area contributed by atoms with Crippen molar-refractivity contribution in [3.8, 4) is 0 Å². The van der Waals surface area contributed by atoms with E-state index in [1.807, 2.05) is 6.92 Å². The van der Waals surface area contributed by atoms with Crippen LogP contribution in [0.3, 0.4) is 0 Å². The second-order valence-corrected chi connectivity index (χ2v) is 9.36. The van der Waals surface area contributed by atoms with Gasteiger partial charge in [0.05, 0.1) is 16.8 Å². The number of benzene rings is 1. The lowest BCUT2D eigenvalue weighted by atomic mass is 9.70. The van der Waals surface area contributed by atoms with Crippen LogP contribution in [0.5, 0.6) is 0 Å². The van der Waals surface area contributed by atoms with Crippen LogP contribution in [-0.4, -0.2) is 58.9 Å². The Balaban J connectivity index is 1.43. The van der Waals surface area contributed by atoms with Crippen molar-refractivity contribution in [2.45, 2.75) is 32.6 Å². The monoisotopic (exact) mass is 444 g/mol. The second-order valence-electron chi connectivity index (χ2n) is 9.36. The van der Waals surface area contributed by atoms with Crippen molar-refractivity contribution in [2.24, 2.45) is 28.9 Å². The van der Waals surface area contributed by atoms with Crippen molar-refractivity contribution < 1.29 is 24.4 Å². The molecule has 4 rings (SSSR count). The van der Waals surface area contributed by atoms with Gasteiger partial charge in [0, 0.05) is 49.9 Å². The molecular formula is C22H28N4O6. The van der Waals surface area contributed by atoms with Gasteiger partial charge in [-0.15, -0.1) is 0 Å². The molecule has 10 heteroatoms. The van der Waals surface area contributed by atoms with Crippen molar-refractivity contribution in [3.63, 3.8) is 0 Å². The van der Waals surface area contributed by atoms with Gasteiger partial charge in [-0.3, -0.25) is 24.5 Å². The fourth-order valence-corrected chi connectivity index (χ4v) is 5.64. The average molecular weight is 444 g/mol. The SMILES string of the molecule is Cc1cc([N+](=O)[O-])ccc1N1CCN(C(=O)C2CC3(CCC2C(=O)O)CC3C(N)=O)CC1. The van der Waals surface area contributed by atoms with E-state index in [0.717, 1.165) is 11.3 Å². The van der Waals surface area contributed by atoms with Crippen LogP contribution in [0.4, 0.5) is 11.4 Å². The van der Waals surface area contributed by atoms with Gasteiger partial charge < -0.3 is 20.6 Å². The molecule has 0 aromatic heterocycles. The largest absolute Gasteiger partial charge is 0.481 e. The molecule has 1 aromatic rings. The molecule has 2 saturated carbocycles. The summed E-state index contributed by atoms with van der Waals surface area (Å²) in [6.45, 7) is 3.84. The van der Waals surface area contributed by atoms with Crippen LogP contribution >= 0.6 is 0 Å². The average Bonchev–Trinajstić information content (AvgIpc) is 3.46. The highest BCUT2D eigenvalue weighted by Crippen LogP contribution is 2.63. The molecule has 0 radical (unpaired) electrons. The molecule has 3 N–H and O–H groups in total. The minimum atomic E-state index is -0.963. The molecule has 4 unspecified atom stereocenters. The summed E-state index contributed by atoms with van der Waals surface area (Å²) in [6.07, 6.45) is 2.05. The molecule has 1 saturated heterocycles. The number of rotatable bonds is 5. The third-order valence-electron chi connectivity index (χ3n) is 7.56. The molecule has 1 aliphatic heterocycles. The summed E-state index contributed by atoms with van der Waals surface area (Å²) < 4.78 is 0. The van der Waals surface area contributed by atoms with Crippen molar-refractivity contribution in [1.29, 1.82) is 0 Å². The molecule has 2 aliphatic carbocycles. The van der Waals surface area contributed by atoms with Crippen LogP contribution in [0.2, 0.25) is 0 Å². The molecule has 1 spiro atoms. The van der Waals surface area contributed by atoms with Crippen LogP contribution in [0.25, 0.3) is 0 Å². The Kier molecular flexibility index (Phi) is 5.56. The maximum Gasteiger partial charge on any atom is 0.307 e. The van der Waals surface area contributed by atoms with E-state index < -0.39 is 22.7 Å². The third-order valence-corrected chi connectivity index (χ3v) is 7.56. The summed E-state index contributed by atoms with van der Waals surface area (Å²) in [5.41, 5.74) is 6.90. The number of nitrogens with zero attached hydrogens (tertiary/aromatic N) is 3. The number of amides is 2. The van der Waals surface area contributed by atoms with E-state index in [1.165, 1.54) is 12.1 Å². The van der Waals surface area contributed by atoms with Gasteiger partial charge in [-0.2, -0.15) is 0 Å². The van der Waals surface area contributed by atoms with Gasteiger partial charge in [-0.05, 0) is 49.7 Å². The maximum atomic E-state index is 13.3. The highest BCUT2D eigenvalue weighted by molar-refractivity contribution is 5.86. The van der Waals surface area contributed by atoms with Crippen LogP contribution in [0.15, 0.2) is 18.2 Å². The van der Waals surface area contributed by atoms with Gasteiger partial charge in [0.15, 0.2) is 0 Å². The first-order chi connectivity index (χ1) is 15.1. The highest BCUT2D eigenvalue weighted by Gasteiger charge is 2.61. The molecule has 3 fully saturated rings. The van der Waals surface area contributed by atoms with Gasteiger partial charge in [-0.1, -0.05) is 0 Å². The van der Waals surface area contributed by atoms with E-state index in [2.05, 4.69) is 4.90 Å². The predicted octanol–water partition coefficient (Wildman–Crippen LogP) is 1.54. The number of carbonyl (C=O) groups excluding carboxylic acids is 2. The molecule has 10 nitrogen and oxygen atoms in total. The first-order valence-corrected chi connectivity index (χ1v) is 10.9. The number of primary amides is 1. The van der Waals surface area contributed by atoms with Crippen LogP contribution in [0.1, 0.15) is 31.2 Å². The van der Waals surface area contributed by atoms with Crippen molar-refractivity contribution in [3.05, 3.63) is 33.9 Å². The Morgan fingerprint density at radius 1 is 1.16 bits per heavy atom. The van der Waals surface area contributed by atoms with Crippen LogP contribution in [-0.2, 0) is 14.4 Å². The lowest BCUT2D eigenvalue weighted by molar-refractivity contribution is -0.384. The molecule has 172 valence electrons. The Morgan fingerprint density at radius 3 is 2.38 bits per heavy atom. The van der Waals surface area contributed by atoms with Gasteiger partial charge in [0.25, 0.3) is 5.69 Å². The number of nitro benzene ring substituents is 1. The van der Waals surface area contributed by atoms with Crippen LogP contribution < -0.4 is 10.6 Å². The summed E-state index contributed by atoms with van der Waals surface area (Å²) in [5.74, 6) is -3.12. The zero-order valence-electron chi connectivity index (χ0n) is 18.0. The standard InChI is InChI=1S/C22H28N4O6/c1-13-10-14(26(31)32)2-3-18(13)24-6-8-25(9-7-24)20(28)16-11-22(12-17(22)19(23)27)5-4-15(16)21(29)30/h2-3,10,15-17H,4-9,11-12H2,1H3,(H2,23,27)(H,29,30). The molecule has 2 amide bonds. The Bertz CT molecular complexity index is 973. The van der Waals surface area contributed by atoms with E-state index in [0.29, 0.717) is 51.9 Å². The van der Waals surface area contributed by atoms with E-state index >= 15 is 0 Å². The lowest BCUT2D eigenvalue weighted by Gasteiger charge is -2.41. The number of aryl methyl sites for hydroxylation is 1. The summed E-state index contributed by atoms with van der Waals surface area (Å²) >= 11 is 0. The number of carbonyl (C=O) groups is 3. The zero-order chi connectivity index (χ0) is 23.2. The summed E-state index contributed by atoms with van der Waals surface area (Å²) in [6, 6.07) is 4.74. The highest BCUT2D eigenvalue weighted by atomic mass is 16.6. The zero-order valence-corrected chi connectivity index (χ0v) is 18.0. The second kappa shape index (κ2) is 8.07. The number of hydrogen-bond donors (Lipinski definition) is 2. The van der Waals surface area contributed by atoms with Gasteiger partial charge in [-0.25, -0.2) is 0 Å². The number of hydrogen-bond acceptors (Lipinski definition) is 6. The number of carboxylic acid groups (broad SMARTS) is 1. The topological polar surface area (TPSA) is 147 Å². The van der Waals surface area contributed by atoms with E-state index in [1.54, 1.807) is 11.0 Å². The summed E-state index contributed by atoms with van der Waals surface area (Å²) in [5, 5.41) is 20.7. The van der Waals surface area contributed by atoms with Gasteiger partial charge >= 0.3 is 5.97 Å². The molecule has 3 aliphatic rings. The quantitative estimate of drug-likeness (QED) is 0.517. The Morgan fingerprint density at radius 2 is 1.84 bits per heavy atom. The van der Waals surface area contributed by atoms with Crippen LogP contribution in [0, 0.1) is 40.2 Å². The number of nitrogens with two attached hydrogens (primary N) is 1. The fraction of sp³-hybridized carbons (Fsp3) is 0.591. The number of piperazine rings is 1. The summed E-state index contributed by atoms with van der Waals surface area (Å²) in [7, 11) is 0. The molecule has 32 heavy (non-hydrogen) atoms. The lowest BCUT2D eigenvalue weighted by Crippen LogP contribution is -2.53. The number of aliphatic carboxylic acids is 1. The number of carboxylic acids is 1. The van der Waals surface area contributed by atoms with E-state index in [4.69, 9.17) is 5.73 Å². The normalized spacial score (nSPS) is 29.6. The molecule has 1 aromatic carbocycles.